The second kappa shape index (κ2) is 9.19. The molecular formula is C12H18N2O4. The summed E-state index contributed by atoms with van der Waals surface area (Å²) in [6.45, 7) is 5.44. The lowest BCUT2D eigenvalue weighted by Crippen LogP contribution is -2.46. The molecule has 0 aliphatic carbocycles. The third-order valence-corrected chi connectivity index (χ3v) is 2.03. The van der Waals surface area contributed by atoms with Crippen LogP contribution in [0.4, 0.5) is 0 Å². The first-order valence-corrected chi connectivity index (χ1v) is 5.72. The van der Waals surface area contributed by atoms with Crippen LogP contribution in [0.15, 0.2) is 11.6 Å². The molecular weight excluding hydrogens is 236 g/mol. The van der Waals surface area contributed by atoms with Crippen LogP contribution < -0.4 is 5.32 Å². The maximum absolute atomic E-state index is 11.6. The Hall–Kier alpha value is -1.87. The molecule has 0 atom stereocenters. The van der Waals surface area contributed by atoms with Crippen molar-refractivity contribution >= 4 is 11.9 Å². The summed E-state index contributed by atoms with van der Waals surface area (Å²) < 4.78 is 9.53. The molecule has 0 aromatic rings. The number of carbonyl (C=O) groups is 2. The van der Waals surface area contributed by atoms with Crippen molar-refractivity contribution in [3.05, 3.63) is 11.6 Å². The molecule has 0 heterocycles. The van der Waals surface area contributed by atoms with E-state index in [2.05, 4.69) is 5.32 Å². The minimum absolute atomic E-state index is 0.106. The number of nitrogens with one attached hydrogen (secondary N) is 1. The van der Waals surface area contributed by atoms with Crippen LogP contribution in [0.2, 0.25) is 0 Å². The minimum atomic E-state index is -1.20. The molecule has 0 aliphatic heterocycles. The van der Waals surface area contributed by atoms with Crippen LogP contribution in [0.1, 0.15) is 20.8 Å². The zero-order chi connectivity index (χ0) is 14.0. The summed E-state index contributed by atoms with van der Waals surface area (Å²) in [5.41, 5.74) is 0.425. The van der Waals surface area contributed by atoms with Crippen LogP contribution in [0.25, 0.3) is 0 Å². The van der Waals surface area contributed by atoms with Gasteiger partial charge in [0.2, 0.25) is 6.04 Å². The van der Waals surface area contributed by atoms with Crippen molar-refractivity contribution in [2.24, 2.45) is 0 Å². The summed E-state index contributed by atoms with van der Waals surface area (Å²) in [6, 6.07) is 0.743. The largest absolute Gasteiger partial charge is 0.464 e. The van der Waals surface area contributed by atoms with E-state index >= 15 is 0 Å². The number of rotatable bonds is 7. The Morgan fingerprint density at radius 3 is 2.11 bits per heavy atom. The third-order valence-electron chi connectivity index (χ3n) is 2.03. The molecule has 0 aliphatic rings. The first-order chi connectivity index (χ1) is 8.60. The number of hydrogen-bond acceptors (Lipinski definition) is 6. The molecule has 1 N–H and O–H groups in total. The Balaban J connectivity index is 4.63. The Morgan fingerprint density at radius 2 is 1.78 bits per heavy atom. The van der Waals surface area contributed by atoms with Gasteiger partial charge in [0.1, 0.15) is 0 Å². The van der Waals surface area contributed by atoms with Gasteiger partial charge in [-0.1, -0.05) is 6.08 Å². The Bertz CT molecular complexity index is 340. The average Bonchev–Trinajstić information content (AvgIpc) is 2.35. The Kier molecular flexibility index (Phi) is 8.24. The van der Waals surface area contributed by atoms with Gasteiger partial charge in [-0.3, -0.25) is 5.32 Å². The van der Waals surface area contributed by atoms with Gasteiger partial charge in [0, 0.05) is 12.1 Å². The maximum atomic E-state index is 11.6. The second-order valence-electron chi connectivity index (χ2n) is 3.24. The number of ether oxygens (including phenoxy) is 2. The van der Waals surface area contributed by atoms with E-state index in [1.165, 1.54) is 0 Å². The monoisotopic (exact) mass is 254 g/mol. The molecule has 6 nitrogen and oxygen atoms in total. The topological polar surface area (TPSA) is 88.4 Å². The molecule has 0 aromatic heterocycles. The van der Waals surface area contributed by atoms with Crippen LogP contribution in [-0.2, 0) is 19.1 Å². The lowest BCUT2D eigenvalue weighted by Gasteiger charge is -2.15. The third kappa shape index (κ3) is 5.46. The van der Waals surface area contributed by atoms with Crippen molar-refractivity contribution in [3.8, 4) is 6.07 Å². The van der Waals surface area contributed by atoms with E-state index in [0.717, 1.165) is 0 Å². The number of carbonyl (C=O) groups excluding carboxylic acids is 2. The van der Waals surface area contributed by atoms with Gasteiger partial charge in [-0.25, -0.2) is 9.59 Å². The fourth-order valence-electron chi connectivity index (χ4n) is 1.13. The summed E-state index contributed by atoms with van der Waals surface area (Å²) in [5.74, 6) is -1.41. The number of nitriles is 1. The molecule has 0 rings (SSSR count). The fraction of sp³-hybridized carbons (Fsp3) is 0.583. The van der Waals surface area contributed by atoms with Crippen molar-refractivity contribution in [1.29, 1.82) is 5.26 Å². The lowest BCUT2D eigenvalue weighted by atomic mass is 10.2. The number of esters is 2. The minimum Gasteiger partial charge on any atom is -0.464 e. The van der Waals surface area contributed by atoms with E-state index in [9.17, 15) is 9.59 Å². The van der Waals surface area contributed by atoms with E-state index in [1.807, 2.05) is 6.07 Å². The van der Waals surface area contributed by atoms with E-state index in [-0.39, 0.29) is 19.8 Å². The smallest absolute Gasteiger partial charge is 0.334 e. The molecule has 0 amide bonds. The van der Waals surface area contributed by atoms with Crippen LogP contribution in [0, 0.1) is 11.3 Å². The molecule has 0 saturated carbocycles. The number of allylic oxidation sites excluding steroid dienone is 1. The number of nitrogens with zero attached hydrogens (tertiary/aromatic N) is 1. The zero-order valence-corrected chi connectivity index (χ0v) is 10.9. The van der Waals surface area contributed by atoms with Crippen molar-refractivity contribution in [3.63, 3.8) is 0 Å². The molecule has 0 unspecified atom stereocenters. The molecule has 0 spiro atoms. The Labute approximate surface area is 107 Å². The predicted octanol–water partition coefficient (Wildman–Crippen LogP) is 0.541. The van der Waals surface area contributed by atoms with Gasteiger partial charge in [0.05, 0.1) is 19.3 Å². The SMILES string of the molecule is CC=C(C#N)CNC(C(=O)OCC)C(=O)OCC. The molecule has 0 fully saturated rings. The van der Waals surface area contributed by atoms with Crippen LogP contribution in [-0.4, -0.2) is 37.7 Å². The van der Waals surface area contributed by atoms with Crippen molar-refractivity contribution in [1.82, 2.24) is 5.32 Å². The molecule has 0 aromatic carbocycles. The first-order valence-electron chi connectivity index (χ1n) is 5.72. The van der Waals surface area contributed by atoms with Gasteiger partial charge in [-0.2, -0.15) is 5.26 Å². The fourth-order valence-corrected chi connectivity index (χ4v) is 1.13. The van der Waals surface area contributed by atoms with Gasteiger partial charge in [0.25, 0.3) is 0 Å². The van der Waals surface area contributed by atoms with Crippen molar-refractivity contribution < 1.29 is 19.1 Å². The standard InChI is InChI=1S/C12H18N2O4/c1-4-9(7-13)8-14-10(11(15)17-5-2)12(16)18-6-3/h4,10,14H,5-6,8H2,1-3H3. The van der Waals surface area contributed by atoms with E-state index < -0.39 is 18.0 Å². The summed E-state index contributed by atoms with van der Waals surface area (Å²) in [7, 11) is 0. The number of hydrogen-bond donors (Lipinski definition) is 1. The van der Waals surface area contributed by atoms with Crippen LogP contribution in [0.5, 0.6) is 0 Å². The highest BCUT2D eigenvalue weighted by atomic mass is 16.6. The van der Waals surface area contributed by atoms with E-state index in [0.29, 0.717) is 5.57 Å². The van der Waals surface area contributed by atoms with Gasteiger partial charge < -0.3 is 9.47 Å². The quantitative estimate of drug-likeness (QED) is 0.405. The molecule has 0 saturated heterocycles. The summed E-state index contributed by atoms with van der Waals surface area (Å²) in [6.07, 6.45) is 1.60. The molecule has 100 valence electrons. The van der Waals surface area contributed by atoms with Gasteiger partial charge in [-0.05, 0) is 20.8 Å². The normalized spacial score (nSPS) is 10.9. The molecule has 0 radical (unpaired) electrons. The highest BCUT2D eigenvalue weighted by molar-refractivity contribution is 5.99. The molecule has 0 bridgehead atoms. The van der Waals surface area contributed by atoms with Crippen molar-refractivity contribution in [2.45, 2.75) is 26.8 Å². The summed E-state index contributed by atoms with van der Waals surface area (Å²) in [5, 5.41) is 11.4. The predicted molar refractivity (Wildman–Crippen MR) is 64.4 cm³/mol. The van der Waals surface area contributed by atoms with Crippen LogP contribution in [0.3, 0.4) is 0 Å². The zero-order valence-electron chi connectivity index (χ0n) is 10.9. The molecule has 18 heavy (non-hydrogen) atoms. The van der Waals surface area contributed by atoms with Crippen molar-refractivity contribution in [2.75, 3.05) is 19.8 Å². The first kappa shape index (κ1) is 16.1. The molecule has 6 heteroatoms. The average molecular weight is 254 g/mol. The summed E-state index contributed by atoms with van der Waals surface area (Å²) in [4.78, 5) is 23.1. The second-order valence-corrected chi connectivity index (χ2v) is 3.24. The van der Waals surface area contributed by atoms with Gasteiger partial charge >= 0.3 is 11.9 Å². The highest BCUT2D eigenvalue weighted by Crippen LogP contribution is 1.97. The summed E-state index contributed by atoms with van der Waals surface area (Å²) >= 11 is 0. The Morgan fingerprint density at radius 1 is 1.28 bits per heavy atom. The van der Waals surface area contributed by atoms with Gasteiger partial charge in [0.15, 0.2) is 0 Å². The highest BCUT2D eigenvalue weighted by Gasteiger charge is 2.28. The van der Waals surface area contributed by atoms with E-state index in [1.54, 1.807) is 26.8 Å². The van der Waals surface area contributed by atoms with Crippen LogP contribution >= 0.6 is 0 Å². The van der Waals surface area contributed by atoms with E-state index in [4.69, 9.17) is 14.7 Å². The van der Waals surface area contributed by atoms with Gasteiger partial charge in [-0.15, -0.1) is 0 Å². The maximum Gasteiger partial charge on any atom is 0.334 e. The lowest BCUT2D eigenvalue weighted by molar-refractivity contribution is -0.157.